The van der Waals surface area contributed by atoms with Gasteiger partial charge in [-0.3, -0.25) is 9.59 Å². The van der Waals surface area contributed by atoms with Gasteiger partial charge in [0.1, 0.15) is 6.61 Å². The van der Waals surface area contributed by atoms with Crippen molar-refractivity contribution in [2.24, 2.45) is 28.6 Å². The van der Waals surface area contributed by atoms with E-state index < -0.39 is 46.5 Å². The number of rotatable bonds is 3. The van der Waals surface area contributed by atoms with Gasteiger partial charge in [0.15, 0.2) is 22.8 Å². The first-order valence-corrected chi connectivity index (χ1v) is 14.4. The quantitative estimate of drug-likeness (QED) is 0.540. The average molecular weight is 557 g/mol. The van der Waals surface area contributed by atoms with Gasteiger partial charge in [0.2, 0.25) is 11.4 Å². The average Bonchev–Trinajstić information content (AvgIpc) is 3.61. The van der Waals surface area contributed by atoms with Crippen molar-refractivity contribution in [1.82, 2.24) is 0 Å². The smallest absolute Gasteiger partial charge is 0.225 e. The predicted molar refractivity (Wildman–Crippen MR) is 141 cm³/mol. The lowest BCUT2D eigenvalue weighted by atomic mass is 9.43. The van der Waals surface area contributed by atoms with Crippen molar-refractivity contribution in [3.05, 3.63) is 48.0 Å². The van der Waals surface area contributed by atoms with Crippen LogP contribution in [-0.4, -0.2) is 56.9 Å². The van der Waals surface area contributed by atoms with E-state index in [2.05, 4.69) is 11.8 Å². The molecular weight excluding hydrogens is 523 g/mol. The molecule has 1 saturated heterocycles. The summed E-state index contributed by atoms with van der Waals surface area (Å²) < 4.78 is 36.1. The standard InChI is InChI=1S/C30H33FO7S/c1-17-13-21-20-15-24-30(26(35)39-12-5-4-10-32,38-25(37-24)22-7-6-11-36-22)28(20,3)16-23(34)29(21,31)27(2)9-8-18(33)14-19(17)27/h6-9,11,14,17,20-21,23-25,32,34H,10,12-13,15-16H2,1-3H3/t17-,20-,21-,23-,24+,25?,27-,28-,29-,30-/m0/s1. The van der Waals surface area contributed by atoms with Crippen LogP contribution in [0.15, 0.2) is 46.6 Å². The van der Waals surface area contributed by atoms with Gasteiger partial charge in [0.25, 0.3) is 0 Å². The molecule has 208 valence electrons. The molecule has 3 saturated carbocycles. The van der Waals surface area contributed by atoms with Crippen LogP contribution in [0.5, 0.6) is 0 Å². The number of aliphatic hydroxyl groups excluding tert-OH is 2. The van der Waals surface area contributed by atoms with Gasteiger partial charge in [-0.05, 0) is 62.3 Å². The van der Waals surface area contributed by atoms with Crippen molar-refractivity contribution in [3.8, 4) is 11.8 Å². The van der Waals surface area contributed by atoms with E-state index in [9.17, 15) is 14.7 Å². The highest BCUT2D eigenvalue weighted by molar-refractivity contribution is 8.14. The summed E-state index contributed by atoms with van der Waals surface area (Å²) in [4.78, 5) is 26.3. The minimum absolute atomic E-state index is 0.0109. The molecule has 4 aliphatic carbocycles. The minimum atomic E-state index is -2.03. The van der Waals surface area contributed by atoms with E-state index in [0.29, 0.717) is 24.2 Å². The Morgan fingerprint density at radius 1 is 1.26 bits per heavy atom. The number of carbonyl (C=O) groups is 2. The molecule has 1 unspecified atom stereocenters. The normalized spacial score (nSPS) is 45.9. The van der Waals surface area contributed by atoms with Gasteiger partial charge >= 0.3 is 0 Å². The molecule has 0 spiro atoms. The van der Waals surface area contributed by atoms with Crippen LogP contribution in [0, 0.1) is 40.4 Å². The van der Waals surface area contributed by atoms with Gasteiger partial charge in [0.05, 0.1) is 24.2 Å². The molecule has 4 fully saturated rings. The van der Waals surface area contributed by atoms with Crippen LogP contribution >= 0.6 is 11.8 Å². The molecule has 1 aromatic rings. The van der Waals surface area contributed by atoms with E-state index in [1.807, 2.05) is 13.8 Å². The minimum Gasteiger partial charge on any atom is -0.464 e. The topological polar surface area (TPSA) is 106 Å². The zero-order chi connectivity index (χ0) is 27.8. The third-order valence-corrected chi connectivity index (χ3v) is 11.1. The zero-order valence-corrected chi connectivity index (χ0v) is 23.0. The Morgan fingerprint density at radius 3 is 2.77 bits per heavy atom. The van der Waals surface area contributed by atoms with Crippen LogP contribution in [0.4, 0.5) is 4.39 Å². The van der Waals surface area contributed by atoms with E-state index in [-0.39, 0.29) is 41.5 Å². The summed E-state index contributed by atoms with van der Waals surface area (Å²) in [5.74, 6) is 4.75. The first-order chi connectivity index (χ1) is 18.5. The Balaban J connectivity index is 1.43. The highest BCUT2D eigenvalue weighted by atomic mass is 32.2. The number of carbonyl (C=O) groups excluding carboxylic acids is 2. The van der Waals surface area contributed by atoms with Gasteiger partial charge < -0.3 is 24.1 Å². The van der Waals surface area contributed by atoms with Gasteiger partial charge in [0, 0.05) is 16.7 Å². The SMILES string of the molecule is C[C@H]1C[C@H]2[C@@H]3C[C@H]4OC(c5ccco5)O[C@@]4(C(=O)SCC#CCO)[C@@]3(C)C[C@H](O)[C@]2(F)[C@@]2(C)C=CC(=O)C=C12. The first-order valence-electron chi connectivity index (χ1n) is 13.5. The van der Waals surface area contributed by atoms with E-state index in [4.69, 9.17) is 19.0 Å². The number of thioether (sulfide) groups is 1. The fourth-order valence-electron chi connectivity index (χ4n) is 8.56. The fraction of sp³-hybridized carbons (Fsp3) is 0.600. The highest BCUT2D eigenvalue weighted by Crippen LogP contribution is 2.73. The molecule has 6 rings (SSSR count). The summed E-state index contributed by atoms with van der Waals surface area (Å²) >= 11 is 0.990. The summed E-state index contributed by atoms with van der Waals surface area (Å²) in [7, 11) is 0. The fourth-order valence-corrected chi connectivity index (χ4v) is 9.49. The van der Waals surface area contributed by atoms with Gasteiger partial charge in [-0.15, -0.1) is 0 Å². The van der Waals surface area contributed by atoms with E-state index >= 15 is 4.39 Å². The van der Waals surface area contributed by atoms with Crippen LogP contribution < -0.4 is 0 Å². The lowest BCUT2D eigenvalue weighted by molar-refractivity contribution is -0.233. The number of aliphatic hydroxyl groups is 2. The summed E-state index contributed by atoms with van der Waals surface area (Å²) in [6.45, 7) is 5.40. The Hall–Kier alpha value is -2.22. The second-order valence-electron chi connectivity index (χ2n) is 11.9. The van der Waals surface area contributed by atoms with Crippen molar-refractivity contribution in [1.29, 1.82) is 0 Å². The Kier molecular flexibility index (Phi) is 6.33. The molecule has 0 bridgehead atoms. The number of hydrogen-bond donors (Lipinski definition) is 2. The molecule has 9 heteroatoms. The van der Waals surface area contributed by atoms with Crippen LogP contribution in [0.2, 0.25) is 0 Å². The van der Waals surface area contributed by atoms with Crippen LogP contribution in [0.25, 0.3) is 0 Å². The Morgan fingerprint density at radius 2 is 2.05 bits per heavy atom. The molecule has 1 aliphatic heterocycles. The number of ether oxygens (including phenoxy) is 2. The maximum Gasteiger partial charge on any atom is 0.225 e. The molecule has 0 aromatic carbocycles. The van der Waals surface area contributed by atoms with Crippen molar-refractivity contribution in [2.75, 3.05) is 12.4 Å². The Labute approximate surface area is 231 Å². The molecule has 0 radical (unpaired) electrons. The third-order valence-electron chi connectivity index (χ3n) is 10.3. The number of allylic oxidation sites excluding steroid dienone is 4. The number of furan rings is 1. The molecule has 2 heterocycles. The van der Waals surface area contributed by atoms with E-state index in [0.717, 1.165) is 11.8 Å². The van der Waals surface area contributed by atoms with Gasteiger partial charge in [-0.25, -0.2) is 4.39 Å². The molecule has 1 aromatic heterocycles. The monoisotopic (exact) mass is 556 g/mol. The molecule has 10 atom stereocenters. The van der Waals surface area contributed by atoms with E-state index in [1.165, 1.54) is 18.4 Å². The zero-order valence-electron chi connectivity index (χ0n) is 22.2. The third kappa shape index (κ3) is 3.45. The van der Waals surface area contributed by atoms with Gasteiger partial charge in [-0.2, -0.15) is 0 Å². The molecule has 2 N–H and O–H groups in total. The summed E-state index contributed by atoms with van der Waals surface area (Å²) in [5.41, 5.74) is -4.87. The van der Waals surface area contributed by atoms with Crippen molar-refractivity contribution >= 4 is 22.7 Å². The van der Waals surface area contributed by atoms with Crippen molar-refractivity contribution < 1.29 is 38.1 Å². The molecular formula is C30H33FO7S. The van der Waals surface area contributed by atoms with Gasteiger partial charge in [-0.1, -0.05) is 49.1 Å². The maximum absolute atomic E-state index is 17.6. The van der Waals surface area contributed by atoms with Crippen LogP contribution in [-0.2, 0) is 19.1 Å². The van der Waals surface area contributed by atoms with Crippen LogP contribution in [0.1, 0.15) is 52.1 Å². The largest absolute Gasteiger partial charge is 0.464 e. The number of ketones is 1. The van der Waals surface area contributed by atoms with Crippen molar-refractivity contribution in [3.63, 3.8) is 0 Å². The Bertz CT molecular complexity index is 1310. The summed E-state index contributed by atoms with van der Waals surface area (Å²) in [6, 6.07) is 3.44. The van der Waals surface area contributed by atoms with Crippen molar-refractivity contribution in [2.45, 2.75) is 69.8 Å². The highest BCUT2D eigenvalue weighted by Gasteiger charge is 2.80. The number of halogens is 1. The molecule has 5 aliphatic rings. The van der Waals surface area contributed by atoms with E-state index in [1.54, 1.807) is 25.1 Å². The molecule has 7 nitrogen and oxygen atoms in total. The molecule has 0 amide bonds. The number of hydrogen-bond acceptors (Lipinski definition) is 8. The van der Waals surface area contributed by atoms with Crippen LogP contribution in [0.3, 0.4) is 0 Å². The molecule has 39 heavy (non-hydrogen) atoms. The summed E-state index contributed by atoms with van der Waals surface area (Å²) in [6.07, 6.45) is 3.89. The second-order valence-corrected chi connectivity index (χ2v) is 12.9. The number of fused-ring (bicyclic) bond motifs is 7. The lowest BCUT2D eigenvalue weighted by Crippen LogP contribution is -2.70. The number of alkyl halides is 1. The second kappa shape index (κ2) is 9.15. The summed E-state index contributed by atoms with van der Waals surface area (Å²) in [5, 5.41) is 20.5. The lowest BCUT2D eigenvalue weighted by Gasteiger charge is -2.63. The maximum atomic E-state index is 17.6. The first kappa shape index (κ1) is 27.0. The predicted octanol–water partition coefficient (Wildman–Crippen LogP) is 3.91.